The van der Waals surface area contributed by atoms with E-state index < -0.39 is 0 Å². The highest BCUT2D eigenvalue weighted by Crippen LogP contribution is 2.12. The Kier molecular flexibility index (Phi) is 4.12. The van der Waals surface area contributed by atoms with Crippen LogP contribution >= 0.6 is 15.9 Å². The summed E-state index contributed by atoms with van der Waals surface area (Å²) in [6, 6.07) is 0. The van der Waals surface area contributed by atoms with Crippen molar-refractivity contribution in [3.8, 4) is 0 Å². The van der Waals surface area contributed by atoms with Gasteiger partial charge in [-0.25, -0.2) is 0 Å². The van der Waals surface area contributed by atoms with Crippen molar-refractivity contribution in [2.45, 2.75) is 18.9 Å². The van der Waals surface area contributed by atoms with Gasteiger partial charge >= 0.3 is 0 Å². The molecule has 1 heterocycles. The van der Waals surface area contributed by atoms with Gasteiger partial charge in [0, 0.05) is 17.7 Å². The number of hydrogen-bond acceptors (Lipinski definition) is 2. The van der Waals surface area contributed by atoms with Crippen molar-refractivity contribution in [1.29, 1.82) is 0 Å². The second-order valence-electron chi connectivity index (χ2n) is 2.64. The maximum absolute atomic E-state index is 5.52. The van der Waals surface area contributed by atoms with Crippen LogP contribution in [-0.2, 0) is 9.47 Å². The summed E-state index contributed by atoms with van der Waals surface area (Å²) in [5, 5.41) is 0. The van der Waals surface area contributed by atoms with E-state index in [9.17, 15) is 0 Å². The van der Waals surface area contributed by atoms with Crippen LogP contribution in [-0.4, -0.2) is 25.9 Å². The minimum atomic E-state index is 0.373. The largest absolute Gasteiger partial charge is 0.381 e. The van der Waals surface area contributed by atoms with Crippen molar-refractivity contribution >= 4 is 15.9 Å². The molecular weight excluding hydrogens is 208 g/mol. The molecule has 0 aromatic rings. The standard InChI is InChI=1S/C8H13BrO2/c1-7(9)6-11-8-2-4-10-5-3-8/h8H,1-6H2. The van der Waals surface area contributed by atoms with Crippen LogP contribution in [0.3, 0.4) is 0 Å². The predicted octanol–water partition coefficient (Wildman–Crippen LogP) is 2.09. The van der Waals surface area contributed by atoms with E-state index in [0.29, 0.717) is 12.7 Å². The van der Waals surface area contributed by atoms with E-state index in [-0.39, 0.29) is 0 Å². The zero-order valence-corrected chi connectivity index (χ0v) is 8.10. The van der Waals surface area contributed by atoms with Gasteiger partial charge in [-0.05, 0) is 12.8 Å². The highest BCUT2D eigenvalue weighted by molar-refractivity contribution is 9.11. The van der Waals surface area contributed by atoms with E-state index in [0.717, 1.165) is 30.5 Å². The summed E-state index contributed by atoms with van der Waals surface area (Å²) in [5.41, 5.74) is 0. The van der Waals surface area contributed by atoms with Gasteiger partial charge < -0.3 is 9.47 Å². The average Bonchev–Trinajstić information content (AvgIpc) is 2.03. The van der Waals surface area contributed by atoms with Crippen molar-refractivity contribution in [3.63, 3.8) is 0 Å². The van der Waals surface area contributed by atoms with Gasteiger partial charge in [-0.1, -0.05) is 22.5 Å². The minimum absolute atomic E-state index is 0.373. The van der Waals surface area contributed by atoms with Gasteiger partial charge in [-0.2, -0.15) is 0 Å². The molecule has 0 aliphatic carbocycles. The van der Waals surface area contributed by atoms with E-state index in [1.54, 1.807) is 0 Å². The van der Waals surface area contributed by atoms with Crippen molar-refractivity contribution in [1.82, 2.24) is 0 Å². The first-order chi connectivity index (χ1) is 5.29. The maximum Gasteiger partial charge on any atom is 0.0779 e. The normalized spacial score (nSPS) is 20.1. The fourth-order valence-electron chi connectivity index (χ4n) is 1.05. The summed E-state index contributed by atoms with van der Waals surface area (Å²) < 4.78 is 11.6. The van der Waals surface area contributed by atoms with Crippen LogP contribution in [0.2, 0.25) is 0 Å². The first-order valence-electron chi connectivity index (χ1n) is 3.81. The number of hydrogen-bond donors (Lipinski definition) is 0. The lowest BCUT2D eigenvalue weighted by Crippen LogP contribution is -2.23. The summed E-state index contributed by atoms with van der Waals surface area (Å²) in [6.07, 6.45) is 2.40. The van der Waals surface area contributed by atoms with Crippen molar-refractivity contribution in [3.05, 3.63) is 11.1 Å². The second kappa shape index (κ2) is 4.91. The Labute approximate surface area is 75.7 Å². The summed E-state index contributed by atoms with van der Waals surface area (Å²) in [4.78, 5) is 0. The van der Waals surface area contributed by atoms with E-state index in [1.807, 2.05) is 0 Å². The number of ether oxygens (including phenoxy) is 2. The Morgan fingerprint density at radius 2 is 2.18 bits per heavy atom. The molecule has 0 unspecified atom stereocenters. The van der Waals surface area contributed by atoms with E-state index in [1.165, 1.54) is 0 Å². The van der Waals surface area contributed by atoms with Crippen LogP contribution in [0.25, 0.3) is 0 Å². The summed E-state index contributed by atoms with van der Waals surface area (Å²) >= 11 is 3.25. The third-order valence-electron chi connectivity index (χ3n) is 1.64. The molecule has 3 heteroatoms. The van der Waals surface area contributed by atoms with Gasteiger partial charge in [0.05, 0.1) is 12.7 Å². The van der Waals surface area contributed by atoms with Crippen LogP contribution in [0.1, 0.15) is 12.8 Å². The zero-order valence-electron chi connectivity index (χ0n) is 6.51. The molecule has 1 aliphatic rings. The highest BCUT2D eigenvalue weighted by Gasteiger charge is 2.13. The molecular formula is C8H13BrO2. The third kappa shape index (κ3) is 3.89. The van der Waals surface area contributed by atoms with Crippen molar-refractivity contribution < 1.29 is 9.47 Å². The fraction of sp³-hybridized carbons (Fsp3) is 0.750. The van der Waals surface area contributed by atoms with Gasteiger partial charge in [-0.3, -0.25) is 0 Å². The Hall–Kier alpha value is 0.140. The quantitative estimate of drug-likeness (QED) is 0.726. The van der Waals surface area contributed by atoms with Crippen LogP contribution in [0.5, 0.6) is 0 Å². The molecule has 2 nitrogen and oxygen atoms in total. The molecule has 0 N–H and O–H groups in total. The van der Waals surface area contributed by atoms with Gasteiger partial charge in [0.1, 0.15) is 0 Å². The van der Waals surface area contributed by atoms with Crippen LogP contribution in [0, 0.1) is 0 Å². The Morgan fingerprint density at radius 1 is 1.55 bits per heavy atom. The number of rotatable bonds is 3. The third-order valence-corrected chi connectivity index (χ3v) is 1.87. The smallest absolute Gasteiger partial charge is 0.0779 e. The molecule has 0 bridgehead atoms. The summed E-state index contributed by atoms with van der Waals surface area (Å²) in [5.74, 6) is 0. The molecule has 1 saturated heterocycles. The molecule has 0 radical (unpaired) electrons. The molecule has 64 valence electrons. The Bertz CT molecular complexity index is 130. The molecule has 0 aromatic heterocycles. The average molecular weight is 221 g/mol. The Balaban J connectivity index is 2.09. The highest BCUT2D eigenvalue weighted by atomic mass is 79.9. The molecule has 1 fully saturated rings. The minimum Gasteiger partial charge on any atom is -0.381 e. The Morgan fingerprint density at radius 3 is 2.73 bits per heavy atom. The lowest BCUT2D eigenvalue weighted by Gasteiger charge is -2.21. The van der Waals surface area contributed by atoms with E-state index in [2.05, 4.69) is 22.5 Å². The van der Waals surface area contributed by atoms with Crippen molar-refractivity contribution in [2.24, 2.45) is 0 Å². The van der Waals surface area contributed by atoms with Gasteiger partial charge in [0.2, 0.25) is 0 Å². The molecule has 1 rings (SSSR count). The van der Waals surface area contributed by atoms with Crippen LogP contribution in [0.4, 0.5) is 0 Å². The summed E-state index contributed by atoms with van der Waals surface area (Å²) in [6.45, 7) is 5.98. The first-order valence-corrected chi connectivity index (χ1v) is 4.61. The fourth-order valence-corrected chi connectivity index (χ4v) is 1.18. The second-order valence-corrected chi connectivity index (χ2v) is 3.76. The van der Waals surface area contributed by atoms with Crippen LogP contribution in [0.15, 0.2) is 11.1 Å². The molecule has 11 heavy (non-hydrogen) atoms. The summed E-state index contributed by atoms with van der Waals surface area (Å²) in [7, 11) is 0. The SMILES string of the molecule is C=C(Br)COC1CCOCC1. The van der Waals surface area contributed by atoms with E-state index >= 15 is 0 Å². The predicted molar refractivity (Wildman–Crippen MR) is 47.9 cm³/mol. The van der Waals surface area contributed by atoms with Gasteiger partial charge in [0.25, 0.3) is 0 Å². The first kappa shape index (κ1) is 9.23. The zero-order chi connectivity index (χ0) is 8.10. The van der Waals surface area contributed by atoms with Crippen LogP contribution < -0.4 is 0 Å². The number of halogens is 1. The van der Waals surface area contributed by atoms with Gasteiger partial charge in [-0.15, -0.1) is 0 Å². The van der Waals surface area contributed by atoms with E-state index in [4.69, 9.17) is 9.47 Å². The molecule has 1 aliphatic heterocycles. The van der Waals surface area contributed by atoms with Crippen molar-refractivity contribution in [2.75, 3.05) is 19.8 Å². The monoisotopic (exact) mass is 220 g/mol. The topological polar surface area (TPSA) is 18.5 Å². The van der Waals surface area contributed by atoms with Gasteiger partial charge in [0.15, 0.2) is 0 Å². The molecule has 0 saturated carbocycles. The lowest BCUT2D eigenvalue weighted by atomic mass is 10.2. The molecule has 0 spiro atoms. The molecule has 0 atom stereocenters. The maximum atomic E-state index is 5.52. The molecule has 0 aromatic carbocycles. The molecule has 0 amide bonds. The lowest BCUT2D eigenvalue weighted by molar-refractivity contribution is -0.0226.